The highest BCUT2D eigenvalue weighted by Crippen LogP contribution is 2.34. The van der Waals surface area contributed by atoms with Crippen molar-refractivity contribution in [1.82, 2.24) is 15.5 Å². The number of carbonyl (C=O) groups is 3. The molecule has 9 heteroatoms. The third-order valence-corrected chi connectivity index (χ3v) is 4.39. The second-order valence-electron chi connectivity index (χ2n) is 7.06. The Morgan fingerprint density at radius 1 is 1.30 bits per heavy atom. The van der Waals surface area contributed by atoms with Gasteiger partial charge in [0.05, 0.1) is 5.56 Å². The first-order valence-corrected chi connectivity index (χ1v) is 8.53. The zero-order chi connectivity index (χ0) is 20.4. The minimum Gasteiger partial charge on any atom is -0.355 e. The van der Waals surface area contributed by atoms with Gasteiger partial charge in [-0.3, -0.25) is 14.5 Å². The summed E-state index contributed by atoms with van der Waals surface area (Å²) in [5.74, 6) is -0.899. The largest absolute Gasteiger partial charge is 0.416 e. The molecule has 0 saturated carbocycles. The molecule has 0 radical (unpaired) electrons. The number of alkyl halides is 3. The van der Waals surface area contributed by atoms with Crippen LogP contribution in [-0.4, -0.2) is 35.8 Å². The van der Waals surface area contributed by atoms with Gasteiger partial charge in [-0.15, -0.1) is 0 Å². The van der Waals surface area contributed by atoms with E-state index in [4.69, 9.17) is 0 Å². The predicted octanol–water partition coefficient (Wildman–Crippen LogP) is 2.63. The highest BCUT2D eigenvalue weighted by atomic mass is 19.4. The molecule has 0 aliphatic carbocycles. The van der Waals surface area contributed by atoms with Crippen LogP contribution in [-0.2, 0) is 21.3 Å². The fraction of sp³-hybridized carbons (Fsp3) is 0.500. The number of imide groups is 1. The smallest absolute Gasteiger partial charge is 0.355 e. The van der Waals surface area contributed by atoms with Crippen LogP contribution in [0.2, 0.25) is 0 Å². The third-order valence-electron chi connectivity index (χ3n) is 4.39. The van der Waals surface area contributed by atoms with Crippen molar-refractivity contribution in [2.75, 3.05) is 13.1 Å². The van der Waals surface area contributed by atoms with Crippen LogP contribution in [0.4, 0.5) is 18.0 Å². The van der Waals surface area contributed by atoms with E-state index in [2.05, 4.69) is 10.6 Å². The van der Waals surface area contributed by atoms with Gasteiger partial charge in [0.25, 0.3) is 5.91 Å². The molecule has 1 aromatic rings. The number of benzene rings is 1. The normalized spacial score (nSPS) is 20.2. The van der Waals surface area contributed by atoms with Crippen LogP contribution in [0.25, 0.3) is 0 Å². The zero-order valence-corrected chi connectivity index (χ0v) is 15.3. The second kappa shape index (κ2) is 7.58. The van der Waals surface area contributed by atoms with Gasteiger partial charge in [-0.25, -0.2) is 4.79 Å². The fourth-order valence-electron chi connectivity index (χ4n) is 2.74. The maximum Gasteiger partial charge on any atom is 0.416 e. The number of carbonyl (C=O) groups excluding carboxylic acids is 3. The van der Waals surface area contributed by atoms with Crippen molar-refractivity contribution in [3.05, 3.63) is 35.4 Å². The molecular formula is C18H22F3N3O3. The maximum atomic E-state index is 12.9. The SMILES string of the molecule is CC(C)CCNC(=O)CN1C(=O)N[C@@](C)(c2cccc(C(F)(F)F)c2)C1=O. The van der Waals surface area contributed by atoms with Crippen molar-refractivity contribution in [3.8, 4) is 0 Å². The number of hydrogen-bond acceptors (Lipinski definition) is 3. The summed E-state index contributed by atoms with van der Waals surface area (Å²) in [5, 5.41) is 5.01. The third kappa shape index (κ3) is 4.58. The van der Waals surface area contributed by atoms with Gasteiger partial charge in [0.15, 0.2) is 0 Å². The molecule has 1 aliphatic rings. The molecule has 27 heavy (non-hydrogen) atoms. The van der Waals surface area contributed by atoms with Crippen LogP contribution in [0.3, 0.4) is 0 Å². The Kier molecular flexibility index (Phi) is 5.82. The van der Waals surface area contributed by atoms with Crippen LogP contribution in [0.1, 0.15) is 38.3 Å². The van der Waals surface area contributed by atoms with Crippen molar-refractivity contribution in [3.63, 3.8) is 0 Å². The summed E-state index contributed by atoms with van der Waals surface area (Å²) in [4.78, 5) is 37.5. The maximum absolute atomic E-state index is 12.9. The topological polar surface area (TPSA) is 78.5 Å². The lowest BCUT2D eigenvalue weighted by Gasteiger charge is -2.23. The van der Waals surface area contributed by atoms with E-state index in [-0.39, 0.29) is 5.56 Å². The lowest BCUT2D eigenvalue weighted by atomic mass is 9.90. The fourth-order valence-corrected chi connectivity index (χ4v) is 2.74. The van der Waals surface area contributed by atoms with Gasteiger partial charge in [-0.05, 0) is 37.0 Å². The molecule has 1 saturated heterocycles. The van der Waals surface area contributed by atoms with E-state index >= 15 is 0 Å². The quantitative estimate of drug-likeness (QED) is 0.739. The Hall–Kier alpha value is -2.58. The van der Waals surface area contributed by atoms with E-state index in [9.17, 15) is 27.6 Å². The molecule has 1 aromatic carbocycles. The van der Waals surface area contributed by atoms with Gasteiger partial charge in [0, 0.05) is 6.54 Å². The molecule has 0 aromatic heterocycles. The van der Waals surface area contributed by atoms with Gasteiger partial charge in [0.2, 0.25) is 5.91 Å². The van der Waals surface area contributed by atoms with Crippen molar-refractivity contribution >= 4 is 17.8 Å². The van der Waals surface area contributed by atoms with E-state index < -0.39 is 41.7 Å². The van der Waals surface area contributed by atoms with Crippen LogP contribution >= 0.6 is 0 Å². The number of hydrogen-bond donors (Lipinski definition) is 2. The minimum absolute atomic E-state index is 0.00149. The Balaban J connectivity index is 2.16. The standard InChI is InChI=1S/C18H22F3N3O3/c1-11(2)7-8-22-14(25)10-24-15(26)17(3,23-16(24)27)12-5-4-6-13(9-12)18(19,20)21/h4-6,9,11H,7-8,10H2,1-3H3,(H,22,25)(H,23,27)/t17-/m0/s1. The van der Waals surface area contributed by atoms with Crippen LogP contribution in [0.5, 0.6) is 0 Å². The molecule has 6 nitrogen and oxygen atoms in total. The first kappa shape index (κ1) is 20.7. The lowest BCUT2D eigenvalue weighted by molar-refractivity contribution is -0.138. The van der Waals surface area contributed by atoms with Crippen molar-refractivity contribution in [1.29, 1.82) is 0 Å². The summed E-state index contributed by atoms with van der Waals surface area (Å²) in [6, 6.07) is 3.39. The van der Waals surface area contributed by atoms with Crippen molar-refractivity contribution in [2.45, 2.75) is 38.9 Å². The molecule has 4 amide bonds. The van der Waals surface area contributed by atoms with Crippen molar-refractivity contribution < 1.29 is 27.6 Å². The number of halogens is 3. The van der Waals surface area contributed by atoms with Gasteiger partial charge in [-0.1, -0.05) is 26.0 Å². The summed E-state index contributed by atoms with van der Waals surface area (Å²) in [6.07, 6.45) is -3.83. The van der Waals surface area contributed by atoms with Gasteiger partial charge >= 0.3 is 12.2 Å². The zero-order valence-electron chi connectivity index (χ0n) is 15.3. The molecule has 148 valence electrons. The summed E-state index contributed by atoms with van der Waals surface area (Å²) in [5.41, 5.74) is -2.59. The first-order chi connectivity index (χ1) is 12.4. The number of urea groups is 1. The Labute approximate surface area is 155 Å². The monoisotopic (exact) mass is 385 g/mol. The minimum atomic E-state index is -4.58. The molecule has 1 atom stereocenters. The molecular weight excluding hydrogens is 363 g/mol. The molecule has 1 aliphatic heterocycles. The Bertz CT molecular complexity index is 749. The van der Waals surface area contributed by atoms with E-state index in [1.54, 1.807) is 0 Å². The molecule has 0 spiro atoms. The average molecular weight is 385 g/mol. The highest BCUT2D eigenvalue weighted by molar-refractivity contribution is 6.09. The number of nitrogens with one attached hydrogen (secondary N) is 2. The highest BCUT2D eigenvalue weighted by Gasteiger charge is 2.50. The molecule has 1 fully saturated rings. The van der Waals surface area contributed by atoms with Crippen molar-refractivity contribution in [2.24, 2.45) is 5.92 Å². The van der Waals surface area contributed by atoms with Gasteiger partial charge < -0.3 is 10.6 Å². The summed E-state index contributed by atoms with van der Waals surface area (Å²) < 4.78 is 38.8. The molecule has 1 heterocycles. The molecule has 2 rings (SSSR count). The van der Waals surface area contributed by atoms with E-state index in [0.29, 0.717) is 17.4 Å². The van der Waals surface area contributed by atoms with Crippen LogP contribution in [0.15, 0.2) is 24.3 Å². The molecule has 2 N–H and O–H groups in total. The van der Waals surface area contributed by atoms with E-state index in [0.717, 1.165) is 18.6 Å². The molecule has 0 bridgehead atoms. The Morgan fingerprint density at radius 3 is 2.56 bits per heavy atom. The summed E-state index contributed by atoms with van der Waals surface area (Å²) in [7, 11) is 0. The van der Waals surface area contributed by atoms with Gasteiger partial charge in [0.1, 0.15) is 12.1 Å². The summed E-state index contributed by atoms with van der Waals surface area (Å²) in [6.45, 7) is 5.22. The first-order valence-electron chi connectivity index (χ1n) is 8.53. The number of nitrogens with zero attached hydrogens (tertiary/aromatic N) is 1. The average Bonchev–Trinajstić information content (AvgIpc) is 2.78. The number of rotatable bonds is 6. The predicted molar refractivity (Wildman–Crippen MR) is 91.5 cm³/mol. The second-order valence-corrected chi connectivity index (χ2v) is 7.06. The van der Waals surface area contributed by atoms with Crippen LogP contribution < -0.4 is 10.6 Å². The molecule has 0 unspecified atom stereocenters. The Morgan fingerprint density at radius 2 is 1.96 bits per heavy atom. The lowest BCUT2D eigenvalue weighted by Crippen LogP contribution is -2.43. The van der Waals surface area contributed by atoms with Crippen LogP contribution in [0, 0.1) is 5.92 Å². The van der Waals surface area contributed by atoms with E-state index in [1.807, 2.05) is 13.8 Å². The number of amides is 4. The van der Waals surface area contributed by atoms with E-state index in [1.165, 1.54) is 19.1 Å². The summed E-state index contributed by atoms with van der Waals surface area (Å²) >= 11 is 0. The van der Waals surface area contributed by atoms with Gasteiger partial charge in [-0.2, -0.15) is 13.2 Å².